The monoisotopic (exact) mass is 406 g/mol. The molecule has 28 heavy (non-hydrogen) atoms. The van der Waals surface area contributed by atoms with Gasteiger partial charge in [0.15, 0.2) is 9.84 Å². The van der Waals surface area contributed by atoms with Crippen LogP contribution in [0.1, 0.15) is 26.5 Å². The fourth-order valence-electron chi connectivity index (χ4n) is 2.49. The number of methoxy groups -OCH3 is 2. The summed E-state index contributed by atoms with van der Waals surface area (Å²) in [7, 11) is 0.836. The van der Waals surface area contributed by atoms with Gasteiger partial charge in [0.1, 0.15) is 27.8 Å². The van der Waals surface area contributed by atoms with Crippen molar-refractivity contribution >= 4 is 26.9 Å². The summed E-state index contributed by atoms with van der Waals surface area (Å²) in [6.45, 7) is 8.67. The summed E-state index contributed by atoms with van der Waals surface area (Å²) in [5.74, 6) is 0.586. The Morgan fingerprint density at radius 3 is 2.50 bits per heavy atom. The quantitative estimate of drug-likeness (QED) is 0.583. The van der Waals surface area contributed by atoms with Gasteiger partial charge in [-0.3, -0.25) is 9.39 Å². The van der Waals surface area contributed by atoms with Crippen molar-refractivity contribution in [1.29, 1.82) is 0 Å². The van der Waals surface area contributed by atoms with Crippen molar-refractivity contribution in [2.75, 3.05) is 21.3 Å². The maximum Gasteiger partial charge on any atom is 0.188 e. The third-order valence-electron chi connectivity index (χ3n) is 4.25. The number of aliphatic imine (C=N–C) groups is 1. The first-order valence-corrected chi connectivity index (χ1v) is 9.93. The maximum atomic E-state index is 13.0. The van der Waals surface area contributed by atoms with E-state index in [-0.39, 0.29) is 10.6 Å². The number of pyridine rings is 1. The normalized spacial score (nSPS) is 13.6. The van der Waals surface area contributed by atoms with Gasteiger partial charge in [-0.2, -0.15) is 0 Å². The summed E-state index contributed by atoms with van der Waals surface area (Å²) >= 11 is 0. The van der Waals surface area contributed by atoms with Crippen LogP contribution in [-0.4, -0.2) is 49.5 Å². The number of aromatic nitrogens is 2. The van der Waals surface area contributed by atoms with Crippen LogP contribution in [0.3, 0.4) is 0 Å². The van der Waals surface area contributed by atoms with Gasteiger partial charge >= 0.3 is 0 Å². The lowest BCUT2D eigenvalue weighted by molar-refractivity contribution is 0.317. The minimum atomic E-state index is -3.67. The average molecular weight is 407 g/mol. The first kappa shape index (κ1) is 21.5. The predicted octanol–water partition coefficient (Wildman–Crippen LogP) is 2.45. The van der Waals surface area contributed by atoms with E-state index in [0.717, 1.165) is 0 Å². The molecule has 0 saturated heterocycles. The van der Waals surface area contributed by atoms with E-state index in [4.69, 9.17) is 15.2 Å². The van der Waals surface area contributed by atoms with Gasteiger partial charge in [0, 0.05) is 19.3 Å². The highest BCUT2D eigenvalue weighted by molar-refractivity contribution is 7.92. The van der Waals surface area contributed by atoms with Crippen molar-refractivity contribution < 1.29 is 17.9 Å². The lowest BCUT2D eigenvalue weighted by atomic mass is 10.2. The number of fused-ring (bicyclic) bond motifs is 1. The van der Waals surface area contributed by atoms with Crippen LogP contribution in [0.15, 0.2) is 46.8 Å². The van der Waals surface area contributed by atoms with E-state index >= 15 is 0 Å². The molecule has 8 nitrogen and oxygen atoms in total. The van der Waals surface area contributed by atoms with Crippen LogP contribution in [-0.2, 0) is 14.6 Å². The second-order valence-corrected chi connectivity index (χ2v) is 9.70. The zero-order valence-corrected chi connectivity index (χ0v) is 17.8. The standard InChI is InChI=1S/C19H26N4O4S/c1-12(26-6)14(21-5)8-13(20)15-10-22-18-9-16(27-7)17(11-23(15)18)28(24,25)19(2,3)4/h8-11H,1,20H2,2-7H3/b13-8-,21-14?. The molecule has 9 heteroatoms. The highest BCUT2D eigenvalue weighted by atomic mass is 32.2. The van der Waals surface area contributed by atoms with Crippen molar-refractivity contribution in [3.63, 3.8) is 0 Å². The van der Waals surface area contributed by atoms with E-state index in [1.54, 1.807) is 50.6 Å². The van der Waals surface area contributed by atoms with Gasteiger partial charge in [-0.05, 0) is 26.8 Å². The number of rotatable bonds is 6. The molecule has 0 fully saturated rings. The first-order chi connectivity index (χ1) is 13.0. The average Bonchev–Trinajstić information content (AvgIpc) is 3.06. The zero-order chi connectivity index (χ0) is 21.3. The molecule has 0 aromatic carbocycles. The van der Waals surface area contributed by atoms with Crippen LogP contribution in [0, 0.1) is 0 Å². The summed E-state index contributed by atoms with van der Waals surface area (Å²) in [4.78, 5) is 8.46. The number of hydrogen-bond donors (Lipinski definition) is 1. The molecule has 2 heterocycles. The first-order valence-electron chi connectivity index (χ1n) is 8.45. The third kappa shape index (κ3) is 3.75. The Labute approximate surface area is 165 Å². The Bertz CT molecular complexity index is 1070. The fourth-order valence-corrected chi connectivity index (χ4v) is 3.80. The Morgan fingerprint density at radius 1 is 1.36 bits per heavy atom. The molecule has 152 valence electrons. The molecule has 0 radical (unpaired) electrons. The molecule has 0 bridgehead atoms. The van der Waals surface area contributed by atoms with Gasteiger partial charge in [-0.15, -0.1) is 0 Å². The molecule has 0 spiro atoms. The molecule has 2 aromatic rings. The van der Waals surface area contributed by atoms with Crippen LogP contribution in [0.2, 0.25) is 0 Å². The molecule has 0 atom stereocenters. The van der Waals surface area contributed by atoms with Crippen molar-refractivity contribution in [3.05, 3.63) is 42.6 Å². The molecule has 2 aromatic heterocycles. The molecule has 0 unspecified atom stereocenters. The highest BCUT2D eigenvalue weighted by Crippen LogP contribution is 2.33. The molecule has 0 aliphatic rings. The molecule has 0 saturated carbocycles. The van der Waals surface area contributed by atoms with Gasteiger partial charge in [0.2, 0.25) is 0 Å². The van der Waals surface area contributed by atoms with Crippen LogP contribution in [0.4, 0.5) is 0 Å². The predicted molar refractivity (Wildman–Crippen MR) is 110 cm³/mol. The molecular formula is C19H26N4O4S. The van der Waals surface area contributed by atoms with Gasteiger partial charge in [-0.25, -0.2) is 13.4 Å². The van der Waals surface area contributed by atoms with Gasteiger partial charge in [0.25, 0.3) is 0 Å². The summed E-state index contributed by atoms with van der Waals surface area (Å²) in [6, 6.07) is 1.57. The molecule has 2 N–H and O–H groups in total. The lowest BCUT2D eigenvalue weighted by Gasteiger charge is -2.21. The van der Waals surface area contributed by atoms with Crippen LogP contribution in [0.25, 0.3) is 11.3 Å². The smallest absolute Gasteiger partial charge is 0.188 e. The molecule has 0 aliphatic heterocycles. The number of nitrogens with two attached hydrogens (primary N) is 1. The van der Waals surface area contributed by atoms with E-state index in [2.05, 4.69) is 16.6 Å². The lowest BCUT2D eigenvalue weighted by Crippen LogP contribution is -2.28. The molecule has 0 aliphatic carbocycles. The van der Waals surface area contributed by atoms with Gasteiger partial charge in [-0.1, -0.05) is 6.58 Å². The van der Waals surface area contributed by atoms with Gasteiger partial charge < -0.3 is 15.2 Å². The Balaban J connectivity index is 2.73. The topological polar surface area (TPSA) is 108 Å². The van der Waals surface area contributed by atoms with E-state index in [1.165, 1.54) is 20.4 Å². The van der Waals surface area contributed by atoms with Crippen molar-refractivity contribution in [2.45, 2.75) is 30.4 Å². The Hall–Kier alpha value is -2.81. The molecule has 0 amide bonds. The largest absolute Gasteiger partial charge is 0.495 e. The number of sulfone groups is 1. The number of imidazole rings is 1. The maximum absolute atomic E-state index is 13.0. The highest BCUT2D eigenvalue weighted by Gasteiger charge is 2.34. The number of allylic oxidation sites excluding steroid dienone is 1. The van der Waals surface area contributed by atoms with Crippen molar-refractivity contribution in [2.24, 2.45) is 10.7 Å². The second kappa shape index (κ2) is 7.67. The Morgan fingerprint density at radius 2 is 2.00 bits per heavy atom. The number of nitrogens with zero attached hydrogens (tertiary/aromatic N) is 3. The molecule has 2 rings (SSSR count). The van der Waals surface area contributed by atoms with Crippen molar-refractivity contribution in [3.8, 4) is 5.75 Å². The summed E-state index contributed by atoms with van der Waals surface area (Å²) in [6.07, 6.45) is 4.63. The minimum Gasteiger partial charge on any atom is -0.495 e. The zero-order valence-electron chi connectivity index (χ0n) is 17.0. The summed E-state index contributed by atoms with van der Waals surface area (Å²) in [5.41, 5.74) is 8.03. The third-order valence-corrected chi connectivity index (χ3v) is 6.75. The van der Waals surface area contributed by atoms with Crippen LogP contribution < -0.4 is 10.5 Å². The minimum absolute atomic E-state index is 0.0627. The number of ether oxygens (including phenoxy) is 2. The van der Waals surface area contributed by atoms with E-state index < -0.39 is 14.6 Å². The number of hydrogen-bond acceptors (Lipinski definition) is 7. The second-order valence-electron chi connectivity index (χ2n) is 7.03. The van der Waals surface area contributed by atoms with Gasteiger partial charge in [0.05, 0.1) is 36.6 Å². The van der Waals surface area contributed by atoms with E-state index in [9.17, 15) is 8.42 Å². The Kier molecular flexibility index (Phi) is 5.88. The van der Waals surface area contributed by atoms with Crippen LogP contribution in [0.5, 0.6) is 5.75 Å². The SMILES string of the molecule is C=C(OC)C(/C=C(\N)c1cnc2cc(OC)c(S(=O)(=O)C(C)(C)C)cn12)=NC. The summed E-state index contributed by atoms with van der Waals surface area (Å²) < 4.78 is 37.1. The van der Waals surface area contributed by atoms with E-state index in [1.807, 2.05) is 0 Å². The van der Waals surface area contributed by atoms with Crippen LogP contribution >= 0.6 is 0 Å². The van der Waals surface area contributed by atoms with Crippen molar-refractivity contribution in [1.82, 2.24) is 9.38 Å². The van der Waals surface area contributed by atoms with E-state index in [0.29, 0.717) is 28.5 Å². The summed E-state index contributed by atoms with van der Waals surface area (Å²) in [5, 5.41) is 0. The molecular weight excluding hydrogens is 380 g/mol. The fraction of sp³-hybridized carbons (Fsp3) is 0.368.